The van der Waals surface area contributed by atoms with Crippen molar-refractivity contribution < 1.29 is 0 Å². The largest absolute Gasteiger partial charge is 0.375 e. The van der Waals surface area contributed by atoms with Crippen LogP contribution in [0, 0.1) is 0 Å². The highest BCUT2D eigenvalue weighted by Gasteiger charge is 2.44. The van der Waals surface area contributed by atoms with Gasteiger partial charge in [0.1, 0.15) is 0 Å². The first-order valence-electron chi connectivity index (χ1n) is 18.1. The number of para-hydroxylation sites is 1. The molecule has 8 rings (SSSR count). The average Bonchev–Trinajstić information content (AvgIpc) is 3.35. The monoisotopic (exact) mass is 642 g/mol. The average molecular weight is 643 g/mol. The van der Waals surface area contributed by atoms with Crippen molar-refractivity contribution in [2.75, 3.05) is 4.90 Å². The number of hydrogen-bond acceptors (Lipinski definition) is 1. The maximum Gasteiger partial charge on any atom is 0.333 e. The third-order valence-corrected chi connectivity index (χ3v) is 11.2. The van der Waals surface area contributed by atoms with Gasteiger partial charge in [0.2, 0.25) is 0 Å². The number of benzene rings is 5. The van der Waals surface area contributed by atoms with Gasteiger partial charge in [0.25, 0.3) is 0 Å². The van der Waals surface area contributed by atoms with Crippen molar-refractivity contribution in [2.24, 2.45) is 0 Å². The summed E-state index contributed by atoms with van der Waals surface area (Å²) in [5.41, 5.74) is 17.5. The molecule has 1 aromatic heterocycles. The lowest BCUT2D eigenvalue weighted by Gasteiger charge is -2.42. The molecule has 2 aliphatic rings. The molecule has 49 heavy (non-hydrogen) atoms. The van der Waals surface area contributed by atoms with Crippen LogP contribution in [0.15, 0.2) is 91.0 Å². The molecule has 0 saturated heterocycles. The topological polar surface area (TPSA) is 8.17 Å². The molecule has 0 saturated carbocycles. The summed E-state index contributed by atoms with van der Waals surface area (Å²) in [4.78, 5) is 2.56. The maximum atomic E-state index is 2.71. The van der Waals surface area contributed by atoms with Gasteiger partial charge < -0.3 is 9.38 Å². The Labute approximate surface area is 294 Å². The van der Waals surface area contributed by atoms with E-state index in [1.54, 1.807) is 0 Å². The van der Waals surface area contributed by atoms with Gasteiger partial charge >= 0.3 is 6.85 Å². The summed E-state index contributed by atoms with van der Waals surface area (Å²) in [7, 11) is 0. The van der Waals surface area contributed by atoms with Gasteiger partial charge in [-0.1, -0.05) is 126 Å². The van der Waals surface area contributed by atoms with E-state index in [1.807, 2.05) is 0 Å². The predicted molar refractivity (Wildman–Crippen MR) is 215 cm³/mol. The minimum atomic E-state index is -0.0244. The summed E-state index contributed by atoms with van der Waals surface area (Å²) < 4.78 is 2.71. The van der Waals surface area contributed by atoms with E-state index in [1.165, 1.54) is 83.2 Å². The molecule has 0 atom stereocenters. The van der Waals surface area contributed by atoms with E-state index < -0.39 is 0 Å². The Balaban J connectivity index is 1.60. The van der Waals surface area contributed by atoms with Crippen molar-refractivity contribution >= 4 is 56.6 Å². The summed E-state index contributed by atoms with van der Waals surface area (Å²) in [5.74, 6) is 0. The summed E-state index contributed by atoms with van der Waals surface area (Å²) in [6.07, 6.45) is 0. The minimum absolute atomic E-state index is 0.00529. The van der Waals surface area contributed by atoms with Crippen LogP contribution in [0.1, 0.15) is 105 Å². The molecule has 6 aromatic rings. The van der Waals surface area contributed by atoms with Crippen molar-refractivity contribution in [3.05, 3.63) is 113 Å². The first-order valence-corrected chi connectivity index (χ1v) is 18.1. The zero-order chi connectivity index (χ0) is 35.0. The zero-order valence-electron chi connectivity index (χ0n) is 31.6. The second-order valence-electron chi connectivity index (χ2n) is 18.8. The van der Waals surface area contributed by atoms with Crippen LogP contribution in [-0.4, -0.2) is 11.3 Å². The second kappa shape index (κ2) is 10.2. The van der Waals surface area contributed by atoms with E-state index in [0.717, 1.165) is 0 Å². The SMILES string of the molecule is CC(C)(C)c1ccc2c(c1)N(c1ccccc1)c1cc(C(C)(C)C)cc3c1B2n1c2ccc(C(C)(C)C)cc2c2cc(C(C)(C)C)cc-3c21. The molecule has 3 heterocycles. The van der Waals surface area contributed by atoms with Gasteiger partial charge in [0, 0.05) is 44.4 Å². The highest BCUT2D eigenvalue weighted by atomic mass is 15.2. The van der Waals surface area contributed by atoms with Crippen LogP contribution >= 0.6 is 0 Å². The molecule has 0 N–H and O–H groups in total. The fraction of sp³-hybridized carbons (Fsp3) is 0.348. The normalized spacial score (nSPS) is 14.4. The van der Waals surface area contributed by atoms with Gasteiger partial charge in [-0.2, -0.15) is 0 Å². The number of fused-ring (bicyclic) bond motifs is 7. The molecule has 0 fully saturated rings. The molecule has 0 spiro atoms. The fourth-order valence-electron chi connectivity index (χ4n) is 8.16. The van der Waals surface area contributed by atoms with Crippen molar-refractivity contribution in [1.82, 2.24) is 4.48 Å². The summed E-state index contributed by atoms with van der Waals surface area (Å²) in [5, 5.41) is 2.73. The predicted octanol–water partition coefficient (Wildman–Crippen LogP) is 11.4. The van der Waals surface area contributed by atoms with E-state index in [4.69, 9.17) is 0 Å². The van der Waals surface area contributed by atoms with Gasteiger partial charge in [-0.3, -0.25) is 0 Å². The smallest absolute Gasteiger partial charge is 0.333 e. The Kier molecular flexibility index (Phi) is 6.63. The van der Waals surface area contributed by atoms with Gasteiger partial charge in [0.05, 0.1) is 0 Å². The lowest BCUT2D eigenvalue weighted by molar-refractivity contribution is 0.589. The lowest BCUT2D eigenvalue weighted by Crippen LogP contribution is -2.57. The third kappa shape index (κ3) is 4.83. The molecule has 0 unspecified atom stereocenters. The summed E-state index contributed by atoms with van der Waals surface area (Å²) in [6.45, 7) is 28.2. The van der Waals surface area contributed by atoms with E-state index in [-0.39, 0.29) is 28.5 Å². The molecular formula is C46H51BN2. The van der Waals surface area contributed by atoms with Gasteiger partial charge in [-0.05, 0) is 109 Å². The second-order valence-corrected chi connectivity index (χ2v) is 18.8. The Morgan fingerprint density at radius 2 is 1.00 bits per heavy atom. The van der Waals surface area contributed by atoms with Crippen LogP contribution in [0.25, 0.3) is 32.9 Å². The van der Waals surface area contributed by atoms with Crippen LogP contribution in [0.4, 0.5) is 17.1 Å². The molecule has 0 amide bonds. The van der Waals surface area contributed by atoms with Gasteiger partial charge in [-0.15, -0.1) is 0 Å². The first-order chi connectivity index (χ1) is 22.8. The first kappa shape index (κ1) is 32.0. The van der Waals surface area contributed by atoms with Crippen molar-refractivity contribution in [3.8, 4) is 11.1 Å². The third-order valence-electron chi connectivity index (χ3n) is 11.2. The molecular weight excluding hydrogens is 591 g/mol. The standard InChI is InChI=1S/C46H51BN2/c1-43(2,3)28-19-21-38-33(22-28)35-24-30(45(7,8)9)25-36-34-23-31(46(10,11)12)27-40-41(34)47(49(38)42(35)36)37-20-18-29(44(4,5)6)26-39(37)48(40)32-16-14-13-15-17-32/h13-27H,1-12H3. The molecule has 5 aromatic carbocycles. The van der Waals surface area contributed by atoms with Crippen LogP contribution in [0.2, 0.25) is 0 Å². The van der Waals surface area contributed by atoms with E-state index >= 15 is 0 Å². The lowest BCUT2D eigenvalue weighted by atomic mass is 9.44. The number of aromatic nitrogens is 1. The molecule has 0 radical (unpaired) electrons. The highest BCUT2D eigenvalue weighted by molar-refractivity contribution is 6.90. The number of hydrogen-bond donors (Lipinski definition) is 0. The Morgan fingerprint density at radius 1 is 0.469 bits per heavy atom. The molecule has 0 bridgehead atoms. The molecule has 3 heteroatoms. The maximum absolute atomic E-state index is 2.71. The number of rotatable bonds is 1. The van der Waals surface area contributed by atoms with Gasteiger partial charge in [-0.25, -0.2) is 0 Å². The summed E-state index contributed by atoms with van der Waals surface area (Å²) >= 11 is 0. The fourth-order valence-corrected chi connectivity index (χ4v) is 8.16. The van der Waals surface area contributed by atoms with Crippen LogP contribution in [-0.2, 0) is 21.7 Å². The van der Waals surface area contributed by atoms with E-state index in [2.05, 4.69) is 183 Å². The van der Waals surface area contributed by atoms with Crippen molar-refractivity contribution in [1.29, 1.82) is 0 Å². The zero-order valence-corrected chi connectivity index (χ0v) is 31.6. The van der Waals surface area contributed by atoms with Crippen LogP contribution < -0.4 is 15.8 Å². The number of nitrogens with zero attached hydrogens (tertiary/aromatic N) is 2. The van der Waals surface area contributed by atoms with Crippen LogP contribution in [0.3, 0.4) is 0 Å². The van der Waals surface area contributed by atoms with E-state index in [9.17, 15) is 0 Å². The van der Waals surface area contributed by atoms with Crippen molar-refractivity contribution in [3.63, 3.8) is 0 Å². The Bertz CT molecular complexity index is 2310. The molecule has 2 nitrogen and oxygen atoms in total. The molecule has 0 aliphatic carbocycles. The van der Waals surface area contributed by atoms with Gasteiger partial charge in [0.15, 0.2) is 0 Å². The highest BCUT2D eigenvalue weighted by Crippen LogP contribution is 2.48. The minimum Gasteiger partial charge on any atom is -0.375 e. The molecule has 248 valence electrons. The quantitative estimate of drug-likeness (QED) is 0.162. The number of anilines is 3. The summed E-state index contributed by atoms with van der Waals surface area (Å²) in [6, 6.07) is 35.7. The Hall–Kier alpha value is -4.24. The van der Waals surface area contributed by atoms with Crippen molar-refractivity contribution in [2.45, 2.75) is 105 Å². The van der Waals surface area contributed by atoms with E-state index in [0.29, 0.717) is 0 Å². The molecule has 2 aliphatic heterocycles. The van der Waals surface area contributed by atoms with Crippen LogP contribution in [0.5, 0.6) is 0 Å². The Morgan fingerprint density at radius 3 is 1.63 bits per heavy atom.